The number of hydrogen-bond donors (Lipinski definition) is 3. The minimum absolute atomic E-state index is 0.145. The molecule has 1 aliphatic rings. The number of ether oxygens (including phenoxy) is 2. The first-order valence-electron chi connectivity index (χ1n) is 10.0. The van der Waals surface area contributed by atoms with Crippen LogP contribution in [0.15, 0.2) is 60.8 Å². The Balaban J connectivity index is 1.47. The molecule has 0 radical (unpaired) electrons. The predicted octanol–water partition coefficient (Wildman–Crippen LogP) is 6.12. The fourth-order valence-electron chi connectivity index (χ4n) is 3.56. The maximum Gasteiger partial charge on any atom is 0.573 e. The topological polar surface area (TPSA) is 84.5 Å². The maximum absolute atomic E-state index is 12.5. The van der Waals surface area contributed by atoms with Crippen LogP contribution in [0.5, 0.6) is 17.4 Å². The van der Waals surface area contributed by atoms with Gasteiger partial charge in [0.05, 0.1) is 0 Å². The first-order chi connectivity index (χ1) is 15.6. The summed E-state index contributed by atoms with van der Waals surface area (Å²) in [6.45, 7) is 4.98. The zero-order chi connectivity index (χ0) is 23.6. The number of amides is 2. The van der Waals surface area contributed by atoms with Gasteiger partial charge in [-0.05, 0) is 48.5 Å². The van der Waals surface area contributed by atoms with E-state index < -0.39 is 12.4 Å². The van der Waals surface area contributed by atoms with Gasteiger partial charge in [0.1, 0.15) is 17.2 Å². The van der Waals surface area contributed by atoms with E-state index >= 15 is 0 Å². The first kappa shape index (κ1) is 22.3. The molecule has 2 aromatic carbocycles. The molecule has 3 N–H and O–H groups in total. The number of anilines is 3. The number of benzene rings is 2. The van der Waals surface area contributed by atoms with Crippen LogP contribution in [0.3, 0.4) is 0 Å². The van der Waals surface area contributed by atoms with Crippen molar-refractivity contribution in [1.29, 1.82) is 0 Å². The average molecular weight is 458 g/mol. The summed E-state index contributed by atoms with van der Waals surface area (Å²) in [7, 11) is 0. The summed E-state index contributed by atoms with van der Waals surface area (Å²) in [5.74, 6) is 0.451. The second kappa shape index (κ2) is 8.53. The zero-order valence-electron chi connectivity index (χ0n) is 17.8. The lowest BCUT2D eigenvalue weighted by Gasteiger charge is -2.21. The van der Waals surface area contributed by atoms with Gasteiger partial charge in [-0.2, -0.15) is 0 Å². The van der Waals surface area contributed by atoms with Crippen LogP contribution < -0.4 is 25.4 Å². The Labute approximate surface area is 187 Å². The van der Waals surface area contributed by atoms with Crippen molar-refractivity contribution in [3.63, 3.8) is 0 Å². The second-order valence-electron chi connectivity index (χ2n) is 8.03. The number of carbonyl (C=O) groups excluding carboxylic acids is 1. The lowest BCUT2D eigenvalue weighted by molar-refractivity contribution is -0.274. The van der Waals surface area contributed by atoms with E-state index in [1.165, 1.54) is 12.1 Å². The Hall–Kier alpha value is -3.95. The molecule has 0 aliphatic carbocycles. The molecule has 3 aromatic rings. The molecule has 0 atom stereocenters. The van der Waals surface area contributed by atoms with Crippen LogP contribution in [-0.2, 0) is 5.41 Å². The average Bonchev–Trinajstić information content (AvgIpc) is 3.05. The summed E-state index contributed by atoms with van der Waals surface area (Å²) in [5, 5.41) is 8.56. The molecule has 1 aliphatic heterocycles. The number of halogens is 3. The fourth-order valence-corrected chi connectivity index (χ4v) is 3.56. The van der Waals surface area contributed by atoms with Gasteiger partial charge in [0, 0.05) is 35.1 Å². The van der Waals surface area contributed by atoms with Gasteiger partial charge in [-0.15, -0.1) is 13.2 Å². The van der Waals surface area contributed by atoms with Crippen LogP contribution in [0.2, 0.25) is 0 Å². The molecular weight excluding hydrogens is 437 g/mol. The van der Waals surface area contributed by atoms with Crippen molar-refractivity contribution in [3.05, 3.63) is 66.4 Å². The van der Waals surface area contributed by atoms with Gasteiger partial charge >= 0.3 is 12.4 Å². The molecular formula is C23H21F3N4O3. The van der Waals surface area contributed by atoms with Crippen molar-refractivity contribution in [2.45, 2.75) is 25.6 Å². The Morgan fingerprint density at radius 3 is 2.55 bits per heavy atom. The summed E-state index contributed by atoms with van der Waals surface area (Å²) in [5.41, 5.74) is 2.47. The molecule has 0 bridgehead atoms. The number of rotatable bonds is 5. The van der Waals surface area contributed by atoms with Gasteiger partial charge in [0.15, 0.2) is 0 Å². The van der Waals surface area contributed by atoms with Gasteiger partial charge in [-0.25, -0.2) is 9.78 Å². The van der Waals surface area contributed by atoms with Gasteiger partial charge in [-0.3, -0.25) is 0 Å². The molecule has 0 saturated carbocycles. The fraction of sp³-hybridized carbons (Fsp3) is 0.217. The van der Waals surface area contributed by atoms with Crippen LogP contribution in [-0.4, -0.2) is 23.9 Å². The lowest BCUT2D eigenvalue weighted by atomic mass is 9.86. The van der Waals surface area contributed by atoms with Gasteiger partial charge in [-0.1, -0.05) is 19.9 Å². The minimum atomic E-state index is -4.78. The summed E-state index contributed by atoms with van der Waals surface area (Å²) in [6, 6.07) is 13.2. The molecule has 10 heteroatoms. The van der Waals surface area contributed by atoms with Crippen molar-refractivity contribution < 1.29 is 27.4 Å². The Morgan fingerprint density at radius 2 is 1.82 bits per heavy atom. The molecule has 1 aromatic heterocycles. The smallest absolute Gasteiger partial charge is 0.437 e. The van der Waals surface area contributed by atoms with E-state index in [0.717, 1.165) is 29.9 Å². The van der Waals surface area contributed by atoms with Crippen molar-refractivity contribution in [2.75, 3.05) is 22.5 Å². The van der Waals surface area contributed by atoms with Crippen molar-refractivity contribution in [3.8, 4) is 17.4 Å². The zero-order valence-corrected chi connectivity index (χ0v) is 17.8. The molecule has 2 amide bonds. The number of carbonyl (C=O) groups is 1. The molecule has 0 fully saturated rings. The van der Waals surface area contributed by atoms with Crippen molar-refractivity contribution in [1.82, 2.24) is 4.98 Å². The van der Waals surface area contributed by atoms with Crippen LogP contribution in [0.25, 0.3) is 0 Å². The Kier molecular flexibility index (Phi) is 5.75. The molecule has 33 heavy (non-hydrogen) atoms. The van der Waals surface area contributed by atoms with E-state index in [1.807, 2.05) is 18.2 Å². The van der Waals surface area contributed by atoms with E-state index in [1.54, 1.807) is 18.3 Å². The number of alkyl halides is 3. The second-order valence-corrected chi connectivity index (χ2v) is 8.03. The van der Waals surface area contributed by atoms with Gasteiger partial charge in [0.25, 0.3) is 0 Å². The minimum Gasteiger partial charge on any atom is -0.437 e. The van der Waals surface area contributed by atoms with E-state index in [4.69, 9.17) is 4.74 Å². The largest absolute Gasteiger partial charge is 0.573 e. The molecule has 172 valence electrons. The molecule has 4 rings (SSSR count). The number of nitrogens with zero attached hydrogens (tertiary/aromatic N) is 1. The highest BCUT2D eigenvalue weighted by Crippen LogP contribution is 2.44. The third-order valence-corrected chi connectivity index (χ3v) is 5.00. The summed E-state index contributed by atoms with van der Waals surface area (Å²) < 4.78 is 46.7. The lowest BCUT2D eigenvalue weighted by Crippen LogP contribution is -2.21. The molecule has 0 saturated heterocycles. The normalized spacial score (nSPS) is 14.1. The Bertz CT molecular complexity index is 1160. The quantitative estimate of drug-likeness (QED) is 0.429. The van der Waals surface area contributed by atoms with Crippen molar-refractivity contribution in [2.24, 2.45) is 0 Å². The monoisotopic (exact) mass is 458 g/mol. The van der Waals surface area contributed by atoms with Crippen LogP contribution in [0.4, 0.5) is 35.0 Å². The SMILES string of the molecule is CC1(C)CNc2cccc(Oc3ncccc3NC(=O)Nc3ccc(OC(F)(F)F)cc3)c21. The number of hydrogen-bond acceptors (Lipinski definition) is 5. The number of urea groups is 1. The summed E-state index contributed by atoms with van der Waals surface area (Å²) >= 11 is 0. The summed E-state index contributed by atoms with van der Waals surface area (Å²) in [6.07, 6.45) is -3.24. The van der Waals surface area contributed by atoms with E-state index in [2.05, 4.69) is 39.5 Å². The highest BCUT2D eigenvalue weighted by atomic mass is 19.4. The molecule has 2 heterocycles. The number of pyridine rings is 1. The van der Waals surface area contributed by atoms with Crippen LogP contribution in [0.1, 0.15) is 19.4 Å². The van der Waals surface area contributed by atoms with E-state index in [-0.39, 0.29) is 22.7 Å². The maximum atomic E-state index is 12.5. The molecule has 0 spiro atoms. The number of nitrogens with one attached hydrogen (secondary N) is 3. The van der Waals surface area contributed by atoms with E-state index in [0.29, 0.717) is 11.4 Å². The Morgan fingerprint density at radius 1 is 1.06 bits per heavy atom. The third-order valence-electron chi connectivity index (χ3n) is 5.00. The predicted molar refractivity (Wildman–Crippen MR) is 118 cm³/mol. The van der Waals surface area contributed by atoms with E-state index in [9.17, 15) is 18.0 Å². The van der Waals surface area contributed by atoms with Crippen LogP contribution in [0, 0.1) is 0 Å². The first-order valence-corrected chi connectivity index (χ1v) is 10.0. The molecule has 7 nitrogen and oxygen atoms in total. The number of fused-ring (bicyclic) bond motifs is 1. The number of aromatic nitrogens is 1. The van der Waals surface area contributed by atoms with Crippen molar-refractivity contribution >= 4 is 23.1 Å². The van der Waals surface area contributed by atoms with Gasteiger partial charge in [0.2, 0.25) is 5.88 Å². The third kappa shape index (κ3) is 5.28. The highest BCUT2D eigenvalue weighted by Gasteiger charge is 2.33. The van der Waals surface area contributed by atoms with Gasteiger partial charge < -0.3 is 25.4 Å². The summed E-state index contributed by atoms with van der Waals surface area (Å²) in [4.78, 5) is 16.7. The molecule has 0 unspecified atom stereocenters. The van der Waals surface area contributed by atoms with Crippen LogP contribution >= 0.6 is 0 Å². The standard InChI is InChI=1S/C23H21F3N4O3/c1-22(2)13-28-16-5-3-7-18(19(16)22)32-20-17(6-4-12-27-20)30-21(31)29-14-8-10-15(11-9-14)33-23(24,25)26/h3-12,28H,13H2,1-2H3,(H2,29,30,31). The highest BCUT2D eigenvalue weighted by molar-refractivity contribution is 6.00.